The highest BCUT2D eigenvalue weighted by Crippen LogP contribution is 2.34. The van der Waals surface area contributed by atoms with Gasteiger partial charge in [-0.3, -0.25) is 4.79 Å². The van der Waals surface area contributed by atoms with Crippen LogP contribution in [0, 0.1) is 5.92 Å². The van der Waals surface area contributed by atoms with Crippen LogP contribution in [0.4, 0.5) is 8.78 Å². The van der Waals surface area contributed by atoms with Gasteiger partial charge in [-0.1, -0.05) is 55.1 Å². The zero-order chi connectivity index (χ0) is 33.9. The summed E-state index contributed by atoms with van der Waals surface area (Å²) in [4.78, 5) is 15.0. The normalized spacial score (nSPS) is 23.8. The third-order valence-electron chi connectivity index (χ3n) is 9.73. The van der Waals surface area contributed by atoms with Crippen molar-refractivity contribution in [2.75, 3.05) is 26.2 Å². The van der Waals surface area contributed by atoms with Crippen molar-refractivity contribution in [1.29, 1.82) is 0 Å². The van der Waals surface area contributed by atoms with Gasteiger partial charge in [-0.2, -0.15) is 4.31 Å². The first kappa shape index (κ1) is 34.6. The molecule has 2 aliphatic heterocycles. The number of carbonyl (C=O) groups excluding carboxylic acids is 1. The molecule has 12 heteroatoms. The minimum Gasteiger partial charge on any atom is -0.493 e. The molecular weight excluding hydrogens is 660 g/mol. The van der Waals surface area contributed by atoms with Gasteiger partial charge in [-0.15, -0.1) is 0 Å². The standard InChI is InChI=1S/C36H42ClF2N3O5S/c37-28-10-6-26(7-11-28)27-8-12-30(13-9-27)47-31-18-21-42(33(22-31)35(43)41-20-19-34(40)36(38,39)24-41)48(44,45)32-16-14-29(15-17-32)46-23-25-4-2-1-3-5-25/h6-17,25,31,33-34H,1-5,18-24,40H2/t31-,33-,34?/m0/s1. The molecule has 3 fully saturated rings. The summed E-state index contributed by atoms with van der Waals surface area (Å²) in [5.74, 6) is -2.33. The number of likely N-dealkylation sites (tertiary alicyclic amines) is 1. The predicted octanol–water partition coefficient (Wildman–Crippen LogP) is 6.76. The monoisotopic (exact) mass is 701 g/mol. The Labute approximate surface area is 286 Å². The number of nitrogens with two attached hydrogens (primary N) is 1. The molecule has 3 atom stereocenters. The maximum Gasteiger partial charge on any atom is 0.280 e. The second-order valence-corrected chi connectivity index (χ2v) is 15.5. The summed E-state index contributed by atoms with van der Waals surface area (Å²) in [6.07, 6.45) is 5.63. The summed E-state index contributed by atoms with van der Waals surface area (Å²) in [7, 11) is -4.17. The third kappa shape index (κ3) is 7.96. The van der Waals surface area contributed by atoms with E-state index in [1.807, 2.05) is 48.5 Å². The van der Waals surface area contributed by atoms with E-state index in [0.29, 0.717) is 35.5 Å². The van der Waals surface area contributed by atoms with Crippen molar-refractivity contribution in [3.8, 4) is 22.6 Å². The van der Waals surface area contributed by atoms with Crippen LogP contribution in [0.1, 0.15) is 51.4 Å². The number of hydrogen-bond acceptors (Lipinski definition) is 6. The molecule has 258 valence electrons. The molecule has 6 rings (SSSR count). The maximum absolute atomic E-state index is 14.6. The van der Waals surface area contributed by atoms with Crippen LogP contribution in [-0.4, -0.2) is 73.9 Å². The summed E-state index contributed by atoms with van der Waals surface area (Å²) in [6.45, 7) is -0.271. The Morgan fingerprint density at radius 3 is 2.12 bits per heavy atom. The van der Waals surface area contributed by atoms with Crippen LogP contribution in [0.5, 0.6) is 11.5 Å². The summed E-state index contributed by atoms with van der Waals surface area (Å²) >= 11 is 6.02. The van der Waals surface area contributed by atoms with Crippen molar-refractivity contribution in [2.45, 2.75) is 80.4 Å². The fourth-order valence-corrected chi connectivity index (χ4v) is 8.59. The SMILES string of the molecule is NC1CCN(C(=O)[C@@H]2C[C@@H](Oc3ccc(-c4ccc(Cl)cc4)cc3)CCN2S(=O)(=O)c2ccc(OCC3CCCCC3)cc2)CC1(F)F. The lowest BCUT2D eigenvalue weighted by atomic mass is 9.90. The summed E-state index contributed by atoms with van der Waals surface area (Å²) < 4.78 is 70.7. The fourth-order valence-electron chi connectivity index (χ4n) is 6.86. The number of sulfonamides is 1. The number of ether oxygens (including phenoxy) is 2. The number of carbonyl (C=O) groups is 1. The van der Waals surface area contributed by atoms with Crippen LogP contribution in [-0.2, 0) is 14.8 Å². The molecule has 0 radical (unpaired) electrons. The second kappa shape index (κ2) is 14.7. The first-order valence-corrected chi connectivity index (χ1v) is 18.5. The molecule has 3 aromatic rings. The molecule has 1 saturated carbocycles. The van der Waals surface area contributed by atoms with Gasteiger partial charge in [0.2, 0.25) is 15.9 Å². The average molecular weight is 702 g/mol. The molecule has 1 unspecified atom stereocenters. The molecule has 2 heterocycles. The van der Waals surface area contributed by atoms with Crippen LogP contribution in [0.25, 0.3) is 11.1 Å². The van der Waals surface area contributed by atoms with Crippen molar-refractivity contribution in [3.63, 3.8) is 0 Å². The van der Waals surface area contributed by atoms with E-state index in [2.05, 4.69) is 0 Å². The van der Waals surface area contributed by atoms with Crippen molar-refractivity contribution in [3.05, 3.63) is 77.8 Å². The van der Waals surface area contributed by atoms with Crippen molar-refractivity contribution >= 4 is 27.5 Å². The van der Waals surface area contributed by atoms with Gasteiger partial charge >= 0.3 is 0 Å². The van der Waals surface area contributed by atoms with Gasteiger partial charge in [0.15, 0.2) is 0 Å². The first-order valence-electron chi connectivity index (χ1n) is 16.7. The quantitative estimate of drug-likeness (QED) is 0.265. The van der Waals surface area contributed by atoms with Crippen LogP contribution >= 0.6 is 11.6 Å². The number of amides is 1. The van der Waals surface area contributed by atoms with Gasteiger partial charge in [-0.05, 0) is 91.3 Å². The van der Waals surface area contributed by atoms with E-state index in [0.717, 1.165) is 33.2 Å². The minimum absolute atomic E-state index is 0.00765. The van der Waals surface area contributed by atoms with E-state index >= 15 is 0 Å². The zero-order valence-electron chi connectivity index (χ0n) is 26.8. The average Bonchev–Trinajstić information content (AvgIpc) is 3.09. The number of nitrogens with zero attached hydrogens (tertiary/aromatic N) is 2. The van der Waals surface area contributed by atoms with Crippen LogP contribution in [0.3, 0.4) is 0 Å². The van der Waals surface area contributed by atoms with Crippen LogP contribution in [0.15, 0.2) is 77.7 Å². The largest absolute Gasteiger partial charge is 0.493 e. The lowest BCUT2D eigenvalue weighted by Gasteiger charge is -2.42. The molecule has 0 spiro atoms. The number of hydrogen-bond donors (Lipinski definition) is 1. The summed E-state index contributed by atoms with van der Waals surface area (Å²) in [6, 6.07) is 18.5. The first-order chi connectivity index (χ1) is 23.0. The topological polar surface area (TPSA) is 102 Å². The molecule has 8 nitrogen and oxygen atoms in total. The molecule has 0 bridgehead atoms. The number of alkyl halides is 2. The molecule has 3 aliphatic rings. The maximum atomic E-state index is 14.6. The van der Waals surface area contributed by atoms with Crippen molar-refractivity contribution in [1.82, 2.24) is 9.21 Å². The number of piperidine rings is 2. The Morgan fingerprint density at radius 2 is 1.48 bits per heavy atom. The highest BCUT2D eigenvalue weighted by Gasteiger charge is 2.48. The lowest BCUT2D eigenvalue weighted by Crippen LogP contribution is -2.62. The molecule has 48 heavy (non-hydrogen) atoms. The molecule has 3 aromatic carbocycles. The molecule has 1 amide bonds. The van der Waals surface area contributed by atoms with Gasteiger partial charge in [0.05, 0.1) is 24.1 Å². The third-order valence-corrected chi connectivity index (χ3v) is 11.9. The predicted molar refractivity (Wildman–Crippen MR) is 181 cm³/mol. The van der Waals surface area contributed by atoms with Gasteiger partial charge in [0.1, 0.15) is 23.6 Å². The van der Waals surface area contributed by atoms with E-state index in [4.69, 9.17) is 26.8 Å². The summed E-state index contributed by atoms with van der Waals surface area (Å²) in [5.41, 5.74) is 7.58. The summed E-state index contributed by atoms with van der Waals surface area (Å²) in [5, 5.41) is 0.642. The number of rotatable bonds is 9. The van der Waals surface area contributed by atoms with E-state index in [-0.39, 0.29) is 30.8 Å². The van der Waals surface area contributed by atoms with Crippen LogP contribution in [0.2, 0.25) is 5.02 Å². The Bertz CT molecular complexity index is 1650. The number of halogens is 3. The van der Waals surface area contributed by atoms with E-state index < -0.39 is 46.6 Å². The minimum atomic E-state index is -4.17. The Morgan fingerprint density at radius 1 is 0.854 bits per heavy atom. The van der Waals surface area contributed by atoms with Crippen molar-refractivity contribution < 1.29 is 31.5 Å². The highest BCUT2D eigenvalue weighted by molar-refractivity contribution is 7.89. The molecule has 2 saturated heterocycles. The van der Waals surface area contributed by atoms with Gasteiger partial charge in [0, 0.05) is 24.5 Å². The molecule has 0 aromatic heterocycles. The van der Waals surface area contributed by atoms with Gasteiger partial charge in [0.25, 0.3) is 5.92 Å². The lowest BCUT2D eigenvalue weighted by molar-refractivity contribution is -0.149. The van der Waals surface area contributed by atoms with Crippen molar-refractivity contribution in [2.24, 2.45) is 11.7 Å². The molecular formula is C36H42ClF2N3O5S. The molecule has 2 N–H and O–H groups in total. The second-order valence-electron chi connectivity index (χ2n) is 13.1. The van der Waals surface area contributed by atoms with Gasteiger partial charge in [-0.25, -0.2) is 17.2 Å². The smallest absolute Gasteiger partial charge is 0.280 e. The van der Waals surface area contributed by atoms with E-state index in [9.17, 15) is 22.0 Å². The Kier molecular flexibility index (Phi) is 10.6. The fraction of sp³-hybridized carbons (Fsp3) is 0.472. The Hall–Kier alpha value is -3.25. The van der Waals surface area contributed by atoms with Crippen LogP contribution < -0.4 is 15.2 Å². The van der Waals surface area contributed by atoms with E-state index in [1.165, 1.54) is 31.4 Å². The highest BCUT2D eigenvalue weighted by atomic mass is 35.5. The van der Waals surface area contributed by atoms with Gasteiger partial charge < -0.3 is 20.1 Å². The zero-order valence-corrected chi connectivity index (χ0v) is 28.4. The van der Waals surface area contributed by atoms with E-state index in [1.54, 1.807) is 12.1 Å². The Balaban J connectivity index is 1.18. The number of benzene rings is 3. The molecule has 1 aliphatic carbocycles.